The predicted molar refractivity (Wildman–Crippen MR) is 79.9 cm³/mol. The van der Waals surface area contributed by atoms with Crippen LogP contribution in [-0.2, 0) is 0 Å². The highest BCUT2D eigenvalue weighted by Crippen LogP contribution is 2.24. The van der Waals surface area contributed by atoms with Crippen LogP contribution < -0.4 is 0 Å². The molecule has 0 aromatic heterocycles. The van der Waals surface area contributed by atoms with Gasteiger partial charge in [0.25, 0.3) is 5.91 Å². The van der Waals surface area contributed by atoms with Gasteiger partial charge in [-0.05, 0) is 59.5 Å². The van der Waals surface area contributed by atoms with E-state index in [2.05, 4.69) is 22.6 Å². The molecule has 3 nitrogen and oxygen atoms in total. The van der Waals surface area contributed by atoms with Crippen LogP contribution in [0.2, 0.25) is 5.02 Å². The minimum Gasteiger partial charge on any atom is -0.396 e. The quantitative estimate of drug-likeness (QED) is 0.821. The molecule has 1 unspecified atom stereocenters. The highest BCUT2D eigenvalue weighted by molar-refractivity contribution is 14.1. The number of carbonyl (C=O) groups excluding carboxylic acids is 1. The number of amides is 1. The molecular weight excluding hydrogens is 365 g/mol. The van der Waals surface area contributed by atoms with Gasteiger partial charge in [-0.25, -0.2) is 0 Å². The second-order valence-corrected chi connectivity index (χ2v) is 6.14. The van der Waals surface area contributed by atoms with E-state index in [0.717, 1.165) is 29.5 Å². The van der Waals surface area contributed by atoms with E-state index >= 15 is 0 Å². The van der Waals surface area contributed by atoms with Crippen molar-refractivity contribution < 1.29 is 9.90 Å². The van der Waals surface area contributed by atoms with E-state index < -0.39 is 0 Å². The normalized spacial score (nSPS) is 19.3. The number of benzene rings is 1. The Kier molecular flexibility index (Phi) is 4.86. The molecule has 1 aromatic carbocycles. The van der Waals surface area contributed by atoms with Gasteiger partial charge in [-0.2, -0.15) is 0 Å². The van der Waals surface area contributed by atoms with Gasteiger partial charge in [-0.1, -0.05) is 11.6 Å². The standard InChI is InChI=1S/C13H15ClINO2/c14-10-1-2-12(15)11(7-10)13(18)16-5-3-9(8-16)4-6-17/h1-2,7,9,17H,3-6,8H2. The van der Waals surface area contributed by atoms with Gasteiger partial charge in [0.1, 0.15) is 0 Å². The first-order valence-corrected chi connectivity index (χ1v) is 7.42. The number of hydrogen-bond donors (Lipinski definition) is 1. The average Bonchev–Trinajstić information content (AvgIpc) is 2.80. The molecule has 0 saturated carbocycles. The Morgan fingerprint density at radius 2 is 2.33 bits per heavy atom. The fourth-order valence-electron chi connectivity index (χ4n) is 2.27. The number of halogens is 2. The second-order valence-electron chi connectivity index (χ2n) is 4.54. The number of hydrogen-bond acceptors (Lipinski definition) is 2. The molecule has 1 amide bonds. The molecule has 1 aromatic rings. The van der Waals surface area contributed by atoms with Crippen LogP contribution in [0.5, 0.6) is 0 Å². The van der Waals surface area contributed by atoms with Gasteiger partial charge in [0, 0.05) is 28.3 Å². The van der Waals surface area contributed by atoms with Gasteiger partial charge in [0.2, 0.25) is 0 Å². The molecule has 0 radical (unpaired) electrons. The lowest BCUT2D eigenvalue weighted by atomic mass is 10.1. The molecule has 98 valence electrons. The van der Waals surface area contributed by atoms with Crippen LogP contribution in [-0.4, -0.2) is 35.6 Å². The summed E-state index contributed by atoms with van der Waals surface area (Å²) in [5, 5.41) is 9.51. The highest BCUT2D eigenvalue weighted by atomic mass is 127. The zero-order valence-electron chi connectivity index (χ0n) is 9.90. The summed E-state index contributed by atoms with van der Waals surface area (Å²) in [6.45, 7) is 1.70. The molecule has 0 bridgehead atoms. The van der Waals surface area contributed by atoms with Gasteiger partial charge in [-0.3, -0.25) is 4.79 Å². The van der Waals surface area contributed by atoms with Crippen LogP contribution >= 0.6 is 34.2 Å². The maximum atomic E-state index is 12.4. The van der Waals surface area contributed by atoms with Crippen molar-refractivity contribution >= 4 is 40.1 Å². The summed E-state index contributed by atoms with van der Waals surface area (Å²) in [7, 11) is 0. The minimum absolute atomic E-state index is 0.0438. The molecule has 1 heterocycles. The molecule has 1 fully saturated rings. The molecule has 18 heavy (non-hydrogen) atoms. The van der Waals surface area contributed by atoms with Crippen LogP contribution in [0, 0.1) is 9.49 Å². The Labute approximate surface area is 125 Å². The van der Waals surface area contributed by atoms with Gasteiger partial charge in [0.05, 0.1) is 5.56 Å². The summed E-state index contributed by atoms with van der Waals surface area (Å²) >= 11 is 8.09. The Morgan fingerprint density at radius 1 is 1.56 bits per heavy atom. The van der Waals surface area contributed by atoms with Crippen molar-refractivity contribution in [1.29, 1.82) is 0 Å². The Morgan fingerprint density at radius 3 is 3.06 bits per heavy atom. The first-order chi connectivity index (χ1) is 8.61. The zero-order chi connectivity index (χ0) is 13.1. The Bertz CT molecular complexity index is 453. The first-order valence-electron chi connectivity index (χ1n) is 5.97. The van der Waals surface area contributed by atoms with Crippen molar-refractivity contribution in [2.75, 3.05) is 19.7 Å². The molecule has 1 saturated heterocycles. The van der Waals surface area contributed by atoms with E-state index in [4.69, 9.17) is 16.7 Å². The van der Waals surface area contributed by atoms with Gasteiger partial charge in [0.15, 0.2) is 0 Å². The van der Waals surface area contributed by atoms with Crippen LogP contribution in [0.1, 0.15) is 23.2 Å². The summed E-state index contributed by atoms with van der Waals surface area (Å²) in [4.78, 5) is 14.2. The number of likely N-dealkylation sites (tertiary alicyclic amines) is 1. The average molecular weight is 380 g/mol. The molecule has 5 heteroatoms. The topological polar surface area (TPSA) is 40.5 Å². The third-order valence-corrected chi connectivity index (χ3v) is 4.45. The predicted octanol–water partition coefficient (Wildman–Crippen LogP) is 2.79. The third-order valence-electron chi connectivity index (χ3n) is 3.27. The van der Waals surface area contributed by atoms with Crippen LogP contribution in [0.15, 0.2) is 18.2 Å². The minimum atomic E-state index is 0.0438. The monoisotopic (exact) mass is 379 g/mol. The van der Waals surface area contributed by atoms with Crippen molar-refractivity contribution in [1.82, 2.24) is 4.90 Å². The molecule has 0 spiro atoms. The van der Waals surface area contributed by atoms with E-state index in [1.807, 2.05) is 11.0 Å². The van der Waals surface area contributed by atoms with Crippen molar-refractivity contribution in [3.63, 3.8) is 0 Å². The fraction of sp³-hybridized carbons (Fsp3) is 0.462. The lowest BCUT2D eigenvalue weighted by Crippen LogP contribution is -2.29. The third kappa shape index (κ3) is 3.16. The van der Waals surface area contributed by atoms with E-state index in [1.165, 1.54) is 0 Å². The first kappa shape index (κ1) is 14.1. The zero-order valence-corrected chi connectivity index (χ0v) is 12.8. The second kappa shape index (κ2) is 6.21. The van der Waals surface area contributed by atoms with Gasteiger partial charge >= 0.3 is 0 Å². The van der Waals surface area contributed by atoms with E-state index in [1.54, 1.807) is 12.1 Å². The largest absolute Gasteiger partial charge is 0.396 e. The molecule has 0 aliphatic carbocycles. The van der Waals surface area contributed by atoms with Crippen molar-refractivity contribution in [2.24, 2.45) is 5.92 Å². The number of carbonyl (C=O) groups is 1. The summed E-state index contributed by atoms with van der Waals surface area (Å²) in [6.07, 6.45) is 1.75. The van der Waals surface area contributed by atoms with E-state index in [9.17, 15) is 4.79 Å². The summed E-state index contributed by atoms with van der Waals surface area (Å²) in [5.74, 6) is 0.470. The maximum Gasteiger partial charge on any atom is 0.254 e. The molecule has 2 rings (SSSR count). The molecule has 1 atom stereocenters. The summed E-state index contributed by atoms with van der Waals surface area (Å²) < 4.78 is 0.924. The number of nitrogens with zero attached hydrogens (tertiary/aromatic N) is 1. The number of aliphatic hydroxyl groups is 1. The lowest BCUT2D eigenvalue weighted by molar-refractivity contribution is 0.0783. The van der Waals surface area contributed by atoms with Gasteiger partial charge in [-0.15, -0.1) is 0 Å². The van der Waals surface area contributed by atoms with Crippen LogP contribution in [0.4, 0.5) is 0 Å². The molecule has 1 aliphatic heterocycles. The molecule has 1 N–H and O–H groups in total. The smallest absolute Gasteiger partial charge is 0.254 e. The SMILES string of the molecule is O=C(c1cc(Cl)ccc1I)N1CCC(CCO)C1. The number of rotatable bonds is 3. The van der Waals surface area contributed by atoms with E-state index in [-0.39, 0.29) is 12.5 Å². The van der Waals surface area contributed by atoms with Crippen molar-refractivity contribution in [3.8, 4) is 0 Å². The summed E-state index contributed by atoms with van der Waals surface area (Å²) in [5.41, 5.74) is 0.674. The van der Waals surface area contributed by atoms with Crippen molar-refractivity contribution in [2.45, 2.75) is 12.8 Å². The highest BCUT2D eigenvalue weighted by Gasteiger charge is 2.27. The fourth-order valence-corrected chi connectivity index (χ4v) is 3.01. The molecule has 1 aliphatic rings. The van der Waals surface area contributed by atoms with E-state index in [0.29, 0.717) is 16.5 Å². The molecular formula is C13H15ClINO2. The van der Waals surface area contributed by atoms with Gasteiger partial charge < -0.3 is 10.0 Å². The Hall–Kier alpha value is -0.330. The van der Waals surface area contributed by atoms with Crippen LogP contribution in [0.3, 0.4) is 0 Å². The maximum absolute atomic E-state index is 12.4. The van der Waals surface area contributed by atoms with Crippen molar-refractivity contribution in [3.05, 3.63) is 32.4 Å². The Balaban J connectivity index is 2.10. The number of aliphatic hydroxyl groups excluding tert-OH is 1. The van der Waals surface area contributed by atoms with Crippen LogP contribution in [0.25, 0.3) is 0 Å². The lowest BCUT2D eigenvalue weighted by Gasteiger charge is -2.17. The summed E-state index contributed by atoms with van der Waals surface area (Å²) in [6, 6.07) is 5.38.